The van der Waals surface area contributed by atoms with E-state index < -0.39 is 52.9 Å². The molecule has 1 heterocycles. The van der Waals surface area contributed by atoms with Gasteiger partial charge < -0.3 is 34.3 Å². The number of carboxylic acids is 1. The number of hydrogen-bond donors (Lipinski definition) is 3. The Bertz CT molecular complexity index is 917. The molecule has 12 atom stereocenters. The van der Waals surface area contributed by atoms with Gasteiger partial charge >= 0.3 is 5.97 Å². The number of hydrogen-bond acceptors (Lipinski definition) is 7. The van der Waals surface area contributed by atoms with Crippen LogP contribution < -0.4 is 0 Å². The number of aldehydes is 1. The molecule has 0 radical (unpaired) electrons. The van der Waals surface area contributed by atoms with Gasteiger partial charge in [0, 0.05) is 12.5 Å². The fraction of sp³-hybridized carbons (Fsp3) is 0.852. The average molecular weight is 493 g/mol. The van der Waals surface area contributed by atoms with Crippen molar-refractivity contribution < 1.29 is 39.1 Å². The predicted molar refractivity (Wildman–Crippen MR) is 125 cm³/mol. The van der Waals surface area contributed by atoms with E-state index in [9.17, 15) is 24.9 Å². The van der Waals surface area contributed by atoms with E-state index in [4.69, 9.17) is 14.2 Å². The van der Waals surface area contributed by atoms with E-state index in [0.717, 1.165) is 24.7 Å². The van der Waals surface area contributed by atoms with E-state index in [1.165, 1.54) is 7.11 Å². The lowest BCUT2D eigenvalue weighted by Crippen LogP contribution is -2.64. The zero-order valence-corrected chi connectivity index (χ0v) is 21.3. The maximum Gasteiger partial charge on any atom is 0.315 e. The smallest absolute Gasteiger partial charge is 0.315 e. The van der Waals surface area contributed by atoms with Crippen LogP contribution in [0.5, 0.6) is 0 Å². The number of ether oxygens (including phenoxy) is 3. The minimum Gasteiger partial charge on any atom is -0.481 e. The first-order chi connectivity index (χ1) is 16.5. The van der Waals surface area contributed by atoms with Gasteiger partial charge in [0.2, 0.25) is 0 Å². The van der Waals surface area contributed by atoms with Crippen LogP contribution in [0.2, 0.25) is 0 Å². The summed E-state index contributed by atoms with van der Waals surface area (Å²) in [6.45, 7) is 8.02. The molecule has 0 unspecified atom stereocenters. The van der Waals surface area contributed by atoms with Gasteiger partial charge in [-0.2, -0.15) is 0 Å². The second-order valence-corrected chi connectivity index (χ2v) is 12.2. The average Bonchev–Trinajstić information content (AvgIpc) is 3.38. The van der Waals surface area contributed by atoms with Crippen LogP contribution in [-0.2, 0) is 23.8 Å². The molecular formula is C27H40O8. The van der Waals surface area contributed by atoms with Gasteiger partial charge in [-0.15, -0.1) is 0 Å². The molecule has 4 bridgehead atoms. The number of aliphatic hydroxyl groups is 2. The van der Waals surface area contributed by atoms with Crippen molar-refractivity contribution in [3.8, 4) is 0 Å². The molecule has 0 spiro atoms. The number of carbonyl (C=O) groups is 2. The summed E-state index contributed by atoms with van der Waals surface area (Å²) in [4.78, 5) is 26.5. The number of aliphatic hydroxyl groups excluding tert-OH is 2. The van der Waals surface area contributed by atoms with Crippen molar-refractivity contribution in [2.45, 2.75) is 84.1 Å². The highest BCUT2D eigenvalue weighted by atomic mass is 16.7. The predicted octanol–water partition coefficient (Wildman–Crippen LogP) is 2.41. The lowest BCUT2D eigenvalue weighted by molar-refractivity contribution is -0.306. The molecule has 1 aliphatic heterocycles. The third-order valence-electron chi connectivity index (χ3n) is 10.7. The second-order valence-electron chi connectivity index (χ2n) is 12.2. The fourth-order valence-corrected chi connectivity index (χ4v) is 9.34. The van der Waals surface area contributed by atoms with Crippen LogP contribution in [0.4, 0.5) is 0 Å². The van der Waals surface area contributed by atoms with Gasteiger partial charge in [-0.1, -0.05) is 38.8 Å². The van der Waals surface area contributed by atoms with E-state index in [0.29, 0.717) is 18.8 Å². The van der Waals surface area contributed by atoms with Crippen LogP contribution in [0.3, 0.4) is 0 Å². The summed E-state index contributed by atoms with van der Waals surface area (Å²) >= 11 is 0. The molecule has 0 aromatic rings. The summed E-state index contributed by atoms with van der Waals surface area (Å²) in [5.74, 6) is -0.358. The molecule has 5 aliphatic rings. The summed E-state index contributed by atoms with van der Waals surface area (Å²) in [5.41, 5.74) is -2.28. The zero-order chi connectivity index (χ0) is 25.5. The number of fused-ring (bicyclic) bond motifs is 2. The summed E-state index contributed by atoms with van der Waals surface area (Å²) in [7, 11) is 1.45. The van der Waals surface area contributed by atoms with Gasteiger partial charge in [0.25, 0.3) is 0 Å². The highest BCUT2D eigenvalue weighted by Gasteiger charge is 2.84. The highest BCUT2D eigenvalue weighted by molar-refractivity contribution is 5.90. The quantitative estimate of drug-likeness (QED) is 0.366. The molecule has 0 aromatic carbocycles. The van der Waals surface area contributed by atoms with Gasteiger partial charge in [-0.25, -0.2) is 0 Å². The first-order valence-corrected chi connectivity index (χ1v) is 13.1. The van der Waals surface area contributed by atoms with Crippen molar-refractivity contribution in [1.82, 2.24) is 0 Å². The number of carboxylic acid groups (broad SMARTS) is 1. The van der Waals surface area contributed by atoms with Crippen LogP contribution in [0.15, 0.2) is 11.6 Å². The number of methoxy groups -OCH3 is 1. The normalized spacial score (nSPS) is 52.5. The highest BCUT2D eigenvalue weighted by Crippen LogP contribution is 2.82. The standard InChI is InChI=1S/C27H40O8/c1-13(2)19-8-16-9-25(11-28)18-7-6-14(3)17(18)10-26(16,27(19,25)24(31)32)12-34-23-21(30)20(29)22(33-5)15(4)35-23/h8,11,13-18,20-23,29-30H,6-7,9-10,12H2,1-5H3,(H,31,32)/t14-,15-,16+,17-,18-,20+,21+,22-,23-,25+,26+,27+/m1/s1. The lowest BCUT2D eigenvalue weighted by Gasteiger charge is -2.58. The molecule has 3 N–H and O–H groups in total. The first kappa shape index (κ1) is 25.3. The Kier molecular flexibility index (Phi) is 6.04. The van der Waals surface area contributed by atoms with Crippen molar-refractivity contribution in [1.29, 1.82) is 0 Å². The molecule has 8 heteroatoms. The summed E-state index contributed by atoms with van der Waals surface area (Å²) in [6.07, 6.45) is 1.32. The van der Waals surface area contributed by atoms with E-state index in [1.807, 2.05) is 13.8 Å². The Morgan fingerprint density at radius 1 is 1.23 bits per heavy atom. The summed E-state index contributed by atoms with van der Waals surface area (Å²) in [5, 5.41) is 32.3. The minimum atomic E-state index is -1.34. The SMILES string of the molecule is CO[C@H]1[C@@H](O)[C@H](O)[C@H](OC[C@@]23C[C@@H]4[C@H](C)CC[C@H]4[C@@]4(C=O)C[C@@H]2C=C(C(C)C)[C@@]34C(=O)O)O[C@@H]1C. The molecule has 4 aliphatic carbocycles. The molecule has 8 nitrogen and oxygen atoms in total. The molecule has 5 rings (SSSR count). The van der Waals surface area contributed by atoms with E-state index in [2.05, 4.69) is 13.0 Å². The monoisotopic (exact) mass is 492 g/mol. The Morgan fingerprint density at radius 3 is 2.54 bits per heavy atom. The van der Waals surface area contributed by atoms with Crippen LogP contribution in [0.25, 0.3) is 0 Å². The van der Waals surface area contributed by atoms with E-state index in [1.54, 1.807) is 6.92 Å². The lowest BCUT2D eigenvalue weighted by atomic mass is 9.43. The Hall–Kier alpha value is -1.32. The van der Waals surface area contributed by atoms with Gasteiger partial charge in [-0.3, -0.25) is 4.79 Å². The molecular weight excluding hydrogens is 452 g/mol. The number of rotatable bonds is 7. The van der Waals surface area contributed by atoms with Crippen molar-refractivity contribution in [2.75, 3.05) is 13.7 Å². The maximum absolute atomic E-state index is 13.5. The van der Waals surface area contributed by atoms with E-state index in [-0.39, 0.29) is 30.3 Å². The second kappa shape index (κ2) is 8.35. The molecule has 0 amide bonds. The molecule has 196 valence electrons. The van der Waals surface area contributed by atoms with Gasteiger partial charge in [0.05, 0.1) is 18.1 Å². The van der Waals surface area contributed by atoms with Gasteiger partial charge in [-0.05, 0) is 55.8 Å². The van der Waals surface area contributed by atoms with Gasteiger partial charge in [0.15, 0.2) is 6.29 Å². The largest absolute Gasteiger partial charge is 0.481 e. The topological polar surface area (TPSA) is 123 Å². The molecule has 3 saturated carbocycles. The Labute approximate surface area is 207 Å². The third-order valence-corrected chi connectivity index (χ3v) is 10.7. The third kappa shape index (κ3) is 2.92. The summed E-state index contributed by atoms with van der Waals surface area (Å²) in [6, 6.07) is 0. The number of allylic oxidation sites excluding steroid dienone is 1. The molecule has 4 fully saturated rings. The number of carbonyl (C=O) groups excluding carboxylic acids is 1. The van der Waals surface area contributed by atoms with Crippen LogP contribution >= 0.6 is 0 Å². The van der Waals surface area contributed by atoms with Crippen molar-refractivity contribution >= 4 is 12.3 Å². The maximum atomic E-state index is 13.5. The Balaban J connectivity index is 1.57. The molecule has 0 aromatic heterocycles. The Morgan fingerprint density at radius 2 is 1.94 bits per heavy atom. The van der Waals surface area contributed by atoms with Crippen LogP contribution in [0.1, 0.15) is 53.4 Å². The summed E-state index contributed by atoms with van der Waals surface area (Å²) < 4.78 is 17.4. The first-order valence-electron chi connectivity index (χ1n) is 13.1. The van der Waals surface area contributed by atoms with Crippen molar-refractivity contribution in [3.63, 3.8) is 0 Å². The van der Waals surface area contributed by atoms with Crippen LogP contribution in [-0.4, -0.2) is 72.0 Å². The fourth-order valence-electron chi connectivity index (χ4n) is 9.34. The van der Waals surface area contributed by atoms with Crippen LogP contribution in [0, 0.1) is 45.8 Å². The number of aliphatic carboxylic acids is 1. The molecule has 1 saturated heterocycles. The molecule has 35 heavy (non-hydrogen) atoms. The van der Waals surface area contributed by atoms with Crippen molar-refractivity contribution in [2.24, 2.45) is 45.8 Å². The minimum absolute atomic E-state index is 0.0219. The zero-order valence-electron chi connectivity index (χ0n) is 21.3. The van der Waals surface area contributed by atoms with Gasteiger partial charge in [0.1, 0.15) is 30.0 Å². The van der Waals surface area contributed by atoms with Crippen molar-refractivity contribution in [3.05, 3.63) is 11.6 Å². The van der Waals surface area contributed by atoms with E-state index >= 15 is 0 Å².